The molecule has 0 unspecified atom stereocenters. The first-order chi connectivity index (χ1) is 13.6. The Bertz CT molecular complexity index is 1120. The molecule has 0 saturated heterocycles. The minimum atomic E-state index is -0.468. The van der Waals surface area contributed by atoms with E-state index in [0.717, 1.165) is 22.4 Å². The van der Waals surface area contributed by atoms with Gasteiger partial charge in [-0.05, 0) is 12.1 Å². The summed E-state index contributed by atoms with van der Waals surface area (Å²) in [5.41, 5.74) is 2.53. The third-order valence-electron chi connectivity index (χ3n) is 4.88. The molecule has 0 spiro atoms. The number of aromatic nitrogens is 4. The van der Waals surface area contributed by atoms with Gasteiger partial charge >= 0.3 is 17.8 Å². The molecule has 4 heterocycles. The van der Waals surface area contributed by atoms with Gasteiger partial charge in [0.05, 0.1) is 12.0 Å². The molecule has 1 atom stereocenters. The summed E-state index contributed by atoms with van der Waals surface area (Å²) in [6, 6.07) is 9.51. The summed E-state index contributed by atoms with van der Waals surface area (Å²) in [5.74, 6) is 0.249. The Balaban J connectivity index is 1.58. The van der Waals surface area contributed by atoms with Gasteiger partial charge in [0.15, 0.2) is 0 Å². The number of anilines is 1. The average Bonchev–Trinajstić information content (AvgIpc) is 3.44. The van der Waals surface area contributed by atoms with E-state index in [1.807, 2.05) is 30.3 Å². The van der Waals surface area contributed by atoms with Gasteiger partial charge in [0.2, 0.25) is 0 Å². The van der Waals surface area contributed by atoms with Gasteiger partial charge in [0, 0.05) is 38.1 Å². The monoisotopic (exact) mass is 378 g/mol. The number of rotatable bonds is 3. The van der Waals surface area contributed by atoms with Crippen LogP contribution < -0.4 is 4.90 Å². The van der Waals surface area contributed by atoms with Crippen LogP contribution in [0, 0.1) is 0 Å². The van der Waals surface area contributed by atoms with E-state index >= 15 is 0 Å². The van der Waals surface area contributed by atoms with Gasteiger partial charge in [-0.3, -0.25) is 4.79 Å². The number of nitrogens with zero attached hydrogens (tertiary/aromatic N) is 5. The molecule has 0 bridgehead atoms. The fourth-order valence-electron chi connectivity index (χ4n) is 3.53. The lowest BCUT2D eigenvalue weighted by atomic mass is 10.00. The molecule has 142 valence electrons. The van der Waals surface area contributed by atoms with Crippen LogP contribution in [0.4, 0.5) is 6.01 Å². The number of hydrogen-bond donors (Lipinski definition) is 1. The molecule has 28 heavy (non-hydrogen) atoms. The number of H-pyrrole nitrogens is 1. The molecule has 1 aliphatic rings. The molecule has 0 radical (unpaired) electrons. The van der Waals surface area contributed by atoms with Crippen LogP contribution in [0.15, 0.2) is 45.5 Å². The van der Waals surface area contributed by atoms with E-state index in [1.165, 1.54) is 0 Å². The predicted molar refractivity (Wildman–Crippen MR) is 100 cm³/mol. The summed E-state index contributed by atoms with van der Waals surface area (Å²) in [5, 5.41) is 8.81. The van der Waals surface area contributed by atoms with E-state index in [2.05, 4.69) is 20.2 Å². The molecule has 4 aromatic rings. The quantitative estimate of drug-likeness (QED) is 0.584. The Hall–Kier alpha value is -3.62. The van der Waals surface area contributed by atoms with Gasteiger partial charge in [0.25, 0.3) is 0 Å². The van der Waals surface area contributed by atoms with E-state index < -0.39 is 6.04 Å². The molecule has 5 rings (SSSR count). The number of fused-ring (bicyclic) bond motifs is 2. The van der Waals surface area contributed by atoms with Crippen LogP contribution in [0.3, 0.4) is 0 Å². The molecule has 9 heteroatoms. The first-order valence-corrected chi connectivity index (χ1v) is 8.94. The van der Waals surface area contributed by atoms with Crippen molar-refractivity contribution in [3.63, 3.8) is 0 Å². The number of hydrogen-bond acceptors (Lipinski definition) is 7. The number of aromatic amines is 1. The van der Waals surface area contributed by atoms with Crippen molar-refractivity contribution in [1.82, 2.24) is 25.1 Å². The highest BCUT2D eigenvalue weighted by Gasteiger charge is 2.38. The van der Waals surface area contributed by atoms with Crippen molar-refractivity contribution in [3.8, 4) is 0 Å². The molecule has 1 aromatic carbocycles. The number of amides is 1. The van der Waals surface area contributed by atoms with Gasteiger partial charge < -0.3 is 23.6 Å². The summed E-state index contributed by atoms with van der Waals surface area (Å²) in [7, 11) is 3.55. The standard InChI is InChI=1S/C19H18N6O3/c1-24(2)19-23-22-17(28-19)18(26)25-8-7-12-15(21-10-20-12)16(25)14-9-11-5-3-4-6-13(11)27-14/h3-6,9-10,16H,7-8H2,1-2H3,(H,20,21)/t16-/m0/s1. The molecule has 1 N–H and O–H groups in total. The number of nitrogens with one attached hydrogen (secondary N) is 1. The summed E-state index contributed by atoms with van der Waals surface area (Å²) in [4.78, 5) is 24.1. The van der Waals surface area contributed by atoms with Crippen LogP contribution in [0.2, 0.25) is 0 Å². The highest BCUT2D eigenvalue weighted by atomic mass is 16.4. The first-order valence-electron chi connectivity index (χ1n) is 8.94. The van der Waals surface area contributed by atoms with Crippen molar-refractivity contribution in [1.29, 1.82) is 0 Å². The molecule has 1 amide bonds. The summed E-state index contributed by atoms with van der Waals surface area (Å²) < 4.78 is 11.6. The minimum Gasteiger partial charge on any atom is -0.458 e. The highest BCUT2D eigenvalue weighted by Crippen LogP contribution is 2.37. The van der Waals surface area contributed by atoms with Crippen LogP contribution in [0.5, 0.6) is 0 Å². The Labute approximate surface area is 160 Å². The van der Waals surface area contributed by atoms with Crippen LogP contribution in [0.1, 0.15) is 33.9 Å². The largest absolute Gasteiger partial charge is 0.458 e. The predicted octanol–water partition coefficient (Wildman–Crippen LogP) is 2.39. The number of carbonyl (C=O) groups excluding carboxylic acids is 1. The van der Waals surface area contributed by atoms with E-state index in [-0.39, 0.29) is 17.8 Å². The van der Waals surface area contributed by atoms with Crippen molar-refractivity contribution < 1.29 is 13.6 Å². The lowest BCUT2D eigenvalue weighted by Gasteiger charge is -2.32. The molecule has 9 nitrogen and oxygen atoms in total. The molecule has 1 aliphatic heterocycles. The molecule has 0 saturated carbocycles. The summed E-state index contributed by atoms with van der Waals surface area (Å²) in [6.45, 7) is 0.482. The number of benzene rings is 1. The van der Waals surface area contributed by atoms with Crippen LogP contribution in [-0.4, -0.2) is 51.6 Å². The van der Waals surface area contributed by atoms with Crippen molar-refractivity contribution in [2.45, 2.75) is 12.5 Å². The topological polar surface area (TPSA) is 104 Å². The molecular weight excluding hydrogens is 360 g/mol. The number of imidazole rings is 1. The fraction of sp³-hybridized carbons (Fsp3) is 0.263. The number of carbonyl (C=O) groups is 1. The highest BCUT2D eigenvalue weighted by molar-refractivity contribution is 5.90. The smallest absolute Gasteiger partial charge is 0.318 e. The Morgan fingerprint density at radius 1 is 1.25 bits per heavy atom. The molecule has 0 fully saturated rings. The molecule has 0 aliphatic carbocycles. The summed E-state index contributed by atoms with van der Waals surface area (Å²) >= 11 is 0. The molecule has 3 aromatic heterocycles. The van der Waals surface area contributed by atoms with E-state index in [1.54, 1.807) is 30.2 Å². The normalized spacial score (nSPS) is 16.4. The van der Waals surface area contributed by atoms with Gasteiger partial charge in [-0.25, -0.2) is 4.98 Å². The average molecular weight is 378 g/mol. The number of para-hydroxylation sites is 1. The zero-order valence-electron chi connectivity index (χ0n) is 15.4. The second-order valence-corrected chi connectivity index (χ2v) is 6.89. The first kappa shape index (κ1) is 16.5. The lowest BCUT2D eigenvalue weighted by molar-refractivity contribution is 0.0632. The zero-order chi connectivity index (χ0) is 19.3. The maximum atomic E-state index is 13.2. The van der Waals surface area contributed by atoms with Gasteiger partial charge in [-0.15, -0.1) is 5.10 Å². The van der Waals surface area contributed by atoms with Crippen molar-refractivity contribution in [2.75, 3.05) is 25.5 Å². The van der Waals surface area contributed by atoms with Crippen molar-refractivity contribution >= 4 is 22.9 Å². The fourth-order valence-corrected chi connectivity index (χ4v) is 3.53. The third-order valence-corrected chi connectivity index (χ3v) is 4.88. The van der Waals surface area contributed by atoms with E-state index in [0.29, 0.717) is 18.7 Å². The van der Waals surface area contributed by atoms with Crippen molar-refractivity contribution in [3.05, 3.63) is 59.7 Å². The Morgan fingerprint density at radius 3 is 2.89 bits per heavy atom. The van der Waals surface area contributed by atoms with E-state index in [9.17, 15) is 4.79 Å². The Kier molecular flexibility index (Phi) is 3.68. The van der Waals surface area contributed by atoms with E-state index in [4.69, 9.17) is 8.83 Å². The maximum absolute atomic E-state index is 13.2. The van der Waals surface area contributed by atoms with Crippen LogP contribution in [0.25, 0.3) is 11.0 Å². The second-order valence-electron chi connectivity index (χ2n) is 6.89. The third kappa shape index (κ3) is 2.55. The Morgan fingerprint density at radius 2 is 2.11 bits per heavy atom. The maximum Gasteiger partial charge on any atom is 0.318 e. The zero-order valence-corrected chi connectivity index (χ0v) is 15.4. The SMILES string of the molecule is CN(C)c1nnc(C(=O)N2CCc3[nH]cnc3[C@@H]2c2cc3ccccc3o2)o1. The van der Waals surface area contributed by atoms with Crippen LogP contribution >= 0.6 is 0 Å². The minimum absolute atomic E-state index is 0.0520. The van der Waals surface area contributed by atoms with Gasteiger partial charge in [-0.1, -0.05) is 23.3 Å². The molecular formula is C19H18N6O3. The lowest BCUT2D eigenvalue weighted by Crippen LogP contribution is -2.40. The second kappa shape index (κ2) is 6.22. The van der Waals surface area contributed by atoms with Gasteiger partial charge in [0.1, 0.15) is 17.4 Å². The number of furan rings is 1. The van der Waals surface area contributed by atoms with Crippen LogP contribution in [-0.2, 0) is 6.42 Å². The van der Waals surface area contributed by atoms with Crippen molar-refractivity contribution in [2.24, 2.45) is 0 Å². The summed E-state index contributed by atoms with van der Waals surface area (Å²) in [6.07, 6.45) is 2.30. The van der Waals surface area contributed by atoms with Gasteiger partial charge in [-0.2, -0.15) is 0 Å².